The summed E-state index contributed by atoms with van der Waals surface area (Å²) < 4.78 is 0. The normalized spacial score (nSPS) is 19.2. The van der Waals surface area contributed by atoms with E-state index in [2.05, 4.69) is 10.8 Å². The topological polar surface area (TPSA) is 49.6 Å². The van der Waals surface area contributed by atoms with Crippen LogP contribution in [-0.2, 0) is 4.79 Å². The summed E-state index contributed by atoms with van der Waals surface area (Å²) in [5.74, 6) is 2.90. The molecule has 0 spiro atoms. The molecule has 1 aliphatic rings. The van der Waals surface area contributed by atoms with Gasteiger partial charge >= 0.3 is 0 Å². The van der Waals surface area contributed by atoms with Crippen molar-refractivity contribution in [1.82, 2.24) is 9.80 Å². The number of amides is 1. The molecule has 4 nitrogen and oxygen atoms in total. The van der Waals surface area contributed by atoms with E-state index in [1.165, 1.54) is 0 Å². The Kier molecular flexibility index (Phi) is 5.30. The minimum Gasteiger partial charge on any atom is -0.340 e. The molecule has 0 aromatic carbocycles. The Balaban J connectivity index is 2.36. The Morgan fingerprint density at radius 2 is 2.06 bits per heavy atom. The maximum atomic E-state index is 12.0. The SMILES string of the molecule is C#CCN1CCN(C(=O)C(C)CCN)CC1. The fourth-order valence-corrected chi connectivity index (χ4v) is 1.94. The van der Waals surface area contributed by atoms with Gasteiger partial charge in [-0.1, -0.05) is 12.8 Å². The molecule has 1 saturated heterocycles. The summed E-state index contributed by atoms with van der Waals surface area (Å²) in [6.07, 6.45) is 6.02. The van der Waals surface area contributed by atoms with Crippen LogP contribution >= 0.6 is 0 Å². The number of hydrogen-bond acceptors (Lipinski definition) is 3. The zero-order valence-electron chi connectivity index (χ0n) is 9.98. The second kappa shape index (κ2) is 6.51. The molecule has 16 heavy (non-hydrogen) atoms. The molecule has 0 aromatic rings. The van der Waals surface area contributed by atoms with Crippen molar-refractivity contribution in [3.8, 4) is 12.3 Å². The van der Waals surface area contributed by atoms with Crippen molar-refractivity contribution in [2.45, 2.75) is 13.3 Å². The van der Waals surface area contributed by atoms with Crippen molar-refractivity contribution >= 4 is 5.91 Å². The zero-order chi connectivity index (χ0) is 12.0. The first-order chi connectivity index (χ1) is 7.69. The van der Waals surface area contributed by atoms with Crippen LogP contribution in [0, 0.1) is 18.3 Å². The highest BCUT2D eigenvalue weighted by atomic mass is 16.2. The Bertz CT molecular complexity index is 264. The molecule has 90 valence electrons. The maximum absolute atomic E-state index is 12.0. The molecule has 2 N–H and O–H groups in total. The van der Waals surface area contributed by atoms with Gasteiger partial charge in [-0.2, -0.15) is 0 Å². The smallest absolute Gasteiger partial charge is 0.225 e. The molecule has 0 saturated carbocycles. The van der Waals surface area contributed by atoms with Gasteiger partial charge < -0.3 is 10.6 Å². The van der Waals surface area contributed by atoms with Crippen LogP contribution in [0.4, 0.5) is 0 Å². The van der Waals surface area contributed by atoms with Crippen LogP contribution in [0.25, 0.3) is 0 Å². The molecule has 0 bridgehead atoms. The second-order valence-electron chi connectivity index (χ2n) is 4.28. The molecule has 1 unspecified atom stereocenters. The summed E-state index contributed by atoms with van der Waals surface area (Å²) >= 11 is 0. The first-order valence-electron chi connectivity index (χ1n) is 5.83. The van der Waals surface area contributed by atoms with Crippen molar-refractivity contribution in [2.75, 3.05) is 39.3 Å². The minimum absolute atomic E-state index is 0.0455. The summed E-state index contributed by atoms with van der Waals surface area (Å²) in [5.41, 5.74) is 5.46. The molecule has 1 fully saturated rings. The molecule has 0 aliphatic carbocycles. The van der Waals surface area contributed by atoms with Gasteiger partial charge in [0.15, 0.2) is 0 Å². The summed E-state index contributed by atoms with van der Waals surface area (Å²) in [4.78, 5) is 16.1. The van der Waals surface area contributed by atoms with Gasteiger partial charge in [-0.15, -0.1) is 6.42 Å². The molecule has 1 atom stereocenters. The average molecular weight is 223 g/mol. The lowest BCUT2D eigenvalue weighted by atomic mass is 10.1. The van der Waals surface area contributed by atoms with Gasteiger partial charge in [0.25, 0.3) is 0 Å². The van der Waals surface area contributed by atoms with Crippen LogP contribution in [0.3, 0.4) is 0 Å². The Morgan fingerprint density at radius 1 is 1.44 bits per heavy atom. The monoisotopic (exact) mass is 223 g/mol. The summed E-state index contributed by atoms with van der Waals surface area (Å²) in [5, 5.41) is 0. The molecule has 1 amide bonds. The minimum atomic E-state index is 0.0455. The van der Waals surface area contributed by atoms with Crippen molar-refractivity contribution in [2.24, 2.45) is 11.7 Å². The molecule has 0 radical (unpaired) electrons. The highest BCUT2D eigenvalue weighted by molar-refractivity contribution is 5.78. The lowest BCUT2D eigenvalue weighted by molar-refractivity contribution is -0.136. The number of piperazine rings is 1. The maximum Gasteiger partial charge on any atom is 0.225 e. The van der Waals surface area contributed by atoms with Crippen LogP contribution in [0.15, 0.2) is 0 Å². The fraction of sp³-hybridized carbons (Fsp3) is 0.750. The predicted molar refractivity (Wildman–Crippen MR) is 64.7 cm³/mol. The van der Waals surface area contributed by atoms with Crippen molar-refractivity contribution in [3.05, 3.63) is 0 Å². The standard InChI is InChI=1S/C12H21N3O/c1-3-6-14-7-9-15(10-8-14)12(16)11(2)4-5-13/h1,11H,4-10,13H2,2H3. The van der Waals surface area contributed by atoms with E-state index in [-0.39, 0.29) is 11.8 Å². The quantitative estimate of drug-likeness (QED) is 0.669. The number of carbonyl (C=O) groups excluding carboxylic acids is 1. The number of terminal acetylenes is 1. The van der Waals surface area contributed by atoms with Gasteiger partial charge in [0.05, 0.1) is 6.54 Å². The molecular weight excluding hydrogens is 202 g/mol. The lowest BCUT2D eigenvalue weighted by Gasteiger charge is -2.35. The van der Waals surface area contributed by atoms with E-state index < -0.39 is 0 Å². The Labute approximate surface area is 97.8 Å². The van der Waals surface area contributed by atoms with E-state index in [1.54, 1.807) is 0 Å². The van der Waals surface area contributed by atoms with Gasteiger partial charge in [-0.05, 0) is 13.0 Å². The number of hydrogen-bond donors (Lipinski definition) is 1. The van der Waals surface area contributed by atoms with E-state index in [9.17, 15) is 4.79 Å². The fourth-order valence-electron chi connectivity index (χ4n) is 1.94. The van der Waals surface area contributed by atoms with Gasteiger partial charge in [-0.3, -0.25) is 9.69 Å². The average Bonchev–Trinajstić information content (AvgIpc) is 2.30. The van der Waals surface area contributed by atoms with E-state index in [0.29, 0.717) is 13.1 Å². The van der Waals surface area contributed by atoms with E-state index in [0.717, 1.165) is 32.6 Å². The first kappa shape index (κ1) is 13.0. The Morgan fingerprint density at radius 3 is 2.56 bits per heavy atom. The summed E-state index contributed by atoms with van der Waals surface area (Å²) in [6.45, 7) is 6.54. The predicted octanol–water partition coefficient (Wildman–Crippen LogP) is -0.251. The number of nitrogens with zero attached hydrogens (tertiary/aromatic N) is 2. The number of rotatable bonds is 4. The highest BCUT2D eigenvalue weighted by Gasteiger charge is 2.23. The highest BCUT2D eigenvalue weighted by Crippen LogP contribution is 2.09. The largest absolute Gasteiger partial charge is 0.340 e. The molecule has 0 aromatic heterocycles. The lowest BCUT2D eigenvalue weighted by Crippen LogP contribution is -2.50. The van der Waals surface area contributed by atoms with Crippen LogP contribution in [0.2, 0.25) is 0 Å². The third kappa shape index (κ3) is 3.51. The second-order valence-corrected chi connectivity index (χ2v) is 4.28. The van der Waals surface area contributed by atoms with Gasteiger partial charge in [0.2, 0.25) is 5.91 Å². The molecule has 1 aliphatic heterocycles. The van der Waals surface area contributed by atoms with E-state index >= 15 is 0 Å². The third-order valence-electron chi connectivity index (χ3n) is 3.02. The van der Waals surface area contributed by atoms with Crippen LogP contribution in [0.1, 0.15) is 13.3 Å². The summed E-state index contributed by atoms with van der Waals surface area (Å²) in [6, 6.07) is 0. The van der Waals surface area contributed by atoms with Crippen LogP contribution in [0.5, 0.6) is 0 Å². The zero-order valence-corrected chi connectivity index (χ0v) is 9.98. The molecular formula is C12H21N3O. The van der Waals surface area contributed by atoms with E-state index in [1.807, 2.05) is 11.8 Å². The first-order valence-corrected chi connectivity index (χ1v) is 5.83. The molecule has 1 rings (SSSR count). The van der Waals surface area contributed by atoms with Crippen molar-refractivity contribution < 1.29 is 4.79 Å². The number of carbonyl (C=O) groups is 1. The van der Waals surface area contributed by atoms with Crippen molar-refractivity contribution in [3.63, 3.8) is 0 Å². The van der Waals surface area contributed by atoms with Crippen LogP contribution < -0.4 is 5.73 Å². The Hall–Kier alpha value is -1.05. The molecule has 1 heterocycles. The van der Waals surface area contributed by atoms with Gasteiger partial charge in [0.1, 0.15) is 0 Å². The number of nitrogens with two attached hydrogens (primary N) is 1. The van der Waals surface area contributed by atoms with Gasteiger partial charge in [0, 0.05) is 32.1 Å². The van der Waals surface area contributed by atoms with Crippen molar-refractivity contribution in [1.29, 1.82) is 0 Å². The van der Waals surface area contributed by atoms with E-state index in [4.69, 9.17) is 12.2 Å². The van der Waals surface area contributed by atoms with Gasteiger partial charge in [-0.25, -0.2) is 0 Å². The third-order valence-corrected chi connectivity index (χ3v) is 3.02. The summed E-state index contributed by atoms with van der Waals surface area (Å²) in [7, 11) is 0. The molecule has 4 heteroatoms. The van der Waals surface area contributed by atoms with Crippen LogP contribution in [-0.4, -0.2) is 55.0 Å².